The molecule has 1 aromatic heterocycles. The summed E-state index contributed by atoms with van der Waals surface area (Å²) in [5, 5.41) is 7.58. The first-order valence-electron chi connectivity index (χ1n) is 7.23. The Morgan fingerprint density at radius 2 is 2.21 bits per heavy atom. The molecule has 4 heteroatoms. The maximum atomic E-state index is 12.6. The molecule has 2 aliphatic heterocycles. The lowest BCUT2D eigenvalue weighted by Gasteiger charge is -2.45. The van der Waals surface area contributed by atoms with Gasteiger partial charge >= 0.3 is 0 Å². The number of carbonyl (C=O) groups is 1. The van der Waals surface area contributed by atoms with E-state index in [0.29, 0.717) is 5.41 Å². The van der Waals surface area contributed by atoms with Gasteiger partial charge in [-0.15, -0.1) is 0 Å². The SMILES string of the molecule is Cc1cscc1C(=O)N1CCCC2(CCCNC2)C1. The average molecular weight is 278 g/mol. The molecule has 3 nitrogen and oxygen atoms in total. The van der Waals surface area contributed by atoms with Gasteiger partial charge in [0.1, 0.15) is 0 Å². The van der Waals surface area contributed by atoms with Crippen LogP contribution in [0, 0.1) is 12.3 Å². The number of rotatable bonds is 1. The van der Waals surface area contributed by atoms with Crippen LogP contribution in [0.3, 0.4) is 0 Å². The fraction of sp³-hybridized carbons (Fsp3) is 0.667. The van der Waals surface area contributed by atoms with Gasteiger partial charge in [0, 0.05) is 30.4 Å². The molecule has 0 aliphatic carbocycles. The van der Waals surface area contributed by atoms with Crippen molar-refractivity contribution in [3.63, 3.8) is 0 Å². The molecule has 1 aromatic rings. The van der Waals surface area contributed by atoms with Crippen LogP contribution < -0.4 is 5.32 Å². The first kappa shape index (κ1) is 13.1. The molecule has 0 aromatic carbocycles. The third kappa shape index (κ3) is 2.56. The van der Waals surface area contributed by atoms with Crippen molar-refractivity contribution >= 4 is 17.2 Å². The number of nitrogens with one attached hydrogen (secondary N) is 1. The summed E-state index contributed by atoms with van der Waals surface area (Å²) in [5.74, 6) is 0.239. The fourth-order valence-corrected chi connectivity index (χ4v) is 4.33. The number of likely N-dealkylation sites (tertiary alicyclic amines) is 1. The van der Waals surface area contributed by atoms with Crippen molar-refractivity contribution in [2.45, 2.75) is 32.6 Å². The number of amides is 1. The van der Waals surface area contributed by atoms with E-state index in [0.717, 1.165) is 43.7 Å². The maximum absolute atomic E-state index is 12.6. The molecule has 1 amide bonds. The Hall–Kier alpha value is -0.870. The largest absolute Gasteiger partial charge is 0.338 e. The minimum Gasteiger partial charge on any atom is -0.338 e. The summed E-state index contributed by atoms with van der Waals surface area (Å²) in [6.07, 6.45) is 4.94. The minimum absolute atomic E-state index is 0.239. The van der Waals surface area contributed by atoms with Gasteiger partial charge in [-0.1, -0.05) is 0 Å². The molecular formula is C15H22N2OS. The van der Waals surface area contributed by atoms with Crippen LogP contribution in [0.15, 0.2) is 10.8 Å². The Morgan fingerprint density at radius 1 is 1.37 bits per heavy atom. The van der Waals surface area contributed by atoms with E-state index in [9.17, 15) is 4.79 Å². The Kier molecular flexibility index (Phi) is 3.63. The van der Waals surface area contributed by atoms with Crippen LogP contribution in [0.5, 0.6) is 0 Å². The zero-order chi connectivity index (χ0) is 13.3. The molecule has 2 aliphatic rings. The van der Waals surface area contributed by atoms with Gasteiger partial charge in [-0.25, -0.2) is 0 Å². The van der Waals surface area contributed by atoms with Gasteiger partial charge in [0.2, 0.25) is 0 Å². The van der Waals surface area contributed by atoms with E-state index in [4.69, 9.17) is 0 Å². The zero-order valence-corrected chi connectivity index (χ0v) is 12.4. The molecule has 2 fully saturated rings. The highest BCUT2D eigenvalue weighted by atomic mass is 32.1. The van der Waals surface area contributed by atoms with Crippen molar-refractivity contribution < 1.29 is 4.79 Å². The minimum atomic E-state index is 0.239. The van der Waals surface area contributed by atoms with Crippen LogP contribution in [0.25, 0.3) is 0 Å². The van der Waals surface area contributed by atoms with E-state index in [1.807, 2.05) is 12.3 Å². The smallest absolute Gasteiger partial charge is 0.254 e. The number of carbonyl (C=O) groups excluding carboxylic acids is 1. The van der Waals surface area contributed by atoms with Crippen molar-refractivity contribution in [3.05, 3.63) is 21.9 Å². The highest BCUT2D eigenvalue weighted by Crippen LogP contribution is 2.36. The Bertz CT molecular complexity index is 457. The lowest BCUT2D eigenvalue weighted by Crippen LogP contribution is -2.52. The number of piperidine rings is 2. The average Bonchev–Trinajstić information content (AvgIpc) is 2.85. The van der Waals surface area contributed by atoms with Crippen molar-refractivity contribution in [2.24, 2.45) is 5.41 Å². The fourth-order valence-electron chi connectivity index (χ4n) is 3.51. The number of thiophene rings is 1. The second-order valence-corrected chi connectivity index (χ2v) is 6.82. The molecule has 1 atom stereocenters. The predicted molar refractivity (Wildman–Crippen MR) is 78.7 cm³/mol. The molecule has 1 spiro atoms. The second kappa shape index (κ2) is 5.25. The monoisotopic (exact) mass is 278 g/mol. The van der Waals surface area contributed by atoms with Crippen LogP contribution in [-0.2, 0) is 0 Å². The molecule has 2 saturated heterocycles. The molecule has 0 saturated carbocycles. The van der Waals surface area contributed by atoms with E-state index in [-0.39, 0.29) is 5.91 Å². The summed E-state index contributed by atoms with van der Waals surface area (Å²) in [5.41, 5.74) is 2.37. The topological polar surface area (TPSA) is 32.3 Å². The number of hydrogen-bond donors (Lipinski definition) is 1. The Labute approximate surface area is 119 Å². The predicted octanol–water partition coefficient (Wildman–Crippen LogP) is 2.66. The van der Waals surface area contributed by atoms with Gasteiger partial charge in [0.15, 0.2) is 0 Å². The van der Waals surface area contributed by atoms with Crippen LogP contribution in [-0.4, -0.2) is 37.0 Å². The van der Waals surface area contributed by atoms with Crippen molar-refractivity contribution in [1.82, 2.24) is 10.2 Å². The summed E-state index contributed by atoms with van der Waals surface area (Å²) in [6, 6.07) is 0. The Morgan fingerprint density at radius 3 is 2.89 bits per heavy atom. The standard InChI is InChI=1S/C15H22N2OS/c1-12-8-19-9-13(12)14(18)17-7-3-5-15(11-17)4-2-6-16-10-15/h8-9,16H,2-7,10-11H2,1H3. The van der Waals surface area contributed by atoms with Gasteiger partial charge in [-0.3, -0.25) is 4.79 Å². The van der Waals surface area contributed by atoms with Gasteiger partial charge < -0.3 is 10.2 Å². The highest BCUT2D eigenvalue weighted by molar-refractivity contribution is 7.08. The summed E-state index contributed by atoms with van der Waals surface area (Å²) in [6.45, 7) is 6.12. The van der Waals surface area contributed by atoms with Gasteiger partial charge in [-0.2, -0.15) is 11.3 Å². The Balaban J connectivity index is 1.74. The van der Waals surface area contributed by atoms with Gasteiger partial charge in [-0.05, 0) is 50.1 Å². The lowest BCUT2D eigenvalue weighted by molar-refractivity contribution is 0.0434. The van der Waals surface area contributed by atoms with Crippen molar-refractivity contribution in [1.29, 1.82) is 0 Å². The van der Waals surface area contributed by atoms with E-state index in [1.54, 1.807) is 11.3 Å². The van der Waals surface area contributed by atoms with Gasteiger partial charge in [0.05, 0.1) is 5.56 Å². The summed E-state index contributed by atoms with van der Waals surface area (Å²) in [4.78, 5) is 14.7. The van der Waals surface area contributed by atoms with Crippen LogP contribution in [0.1, 0.15) is 41.6 Å². The van der Waals surface area contributed by atoms with Crippen molar-refractivity contribution in [3.8, 4) is 0 Å². The van der Waals surface area contributed by atoms with E-state index in [1.165, 1.54) is 19.3 Å². The molecule has 3 heterocycles. The quantitative estimate of drug-likeness (QED) is 0.856. The molecule has 104 valence electrons. The summed E-state index contributed by atoms with van der Waals surface area (Å²) in [7, 11) is 0. The van der Waals surface area contributed by atoms with Crippen molar-refractivity contribution in [2.75, 3.05) is 26.2 Å². The number of nitrogens with zero attached hydrogens (tertiary/aromatic N) is 1. The molecule has 0 radical (unpaired) electrons. The molecule has 0 bridgehead atoms. The molecule has 1 N–H and O–H groups in total. The van der Waals surface area contributed by atoms with E-state index >= 15 is 0 Å². The molecule has 19 heavy (non-hydrogen) atoms. The third-order valence-corrected chi connectivity index (χ3v) is 5.46. The van der Waals surface area contributed by atoms with Gasteiger partial charge in [0.25, 0.3) is 5.91 Å². The molecular weight excluding hydrogens is 256 g/mol. The van der Waals surface area contributed by atoms with Crippen LogP contribution in [0.2, 0.25) is 0 Å². The van der Waals surface area contributed by atoms with E-state index < -0.39 is 0 Å². The zero-order valence-electron chi connectivity index (χ0n) is 11.6. The maximum Gasteiger partial charge on any atom is 0.254 e. The van der Waals surface area contributed by atoms with E-state index in [2.05, 4.69) is 15.6 Å². The number of hydrogen-bond acceptors (Lipinski definition) is 3. The summed E-state index contributed by atoms with van der Waals surface area (Å²) >= 11 is 1.63. The summed E-state index contributed by atoms with van der Waals surface area (Å²) < 4.78 is 0. The third-order valence-electron chi connectivity index (χ3n) is 4.60. The lowest BCUT2D eigenvalue weighted by atomic mass is 9.74. The highest BCUT2D eigenvalue weighted by Gasteiger charge is 2.38. The second-order valence-electron chi connectivity index (χ2n) is 6.08. The molecule has 1 unspecified atom stereocenters. The first-order chi connectivity index (χ1) is 9.20. The first-order valence-corrected chi connectivity index (χ1v) is 8.17. The van der Waals surface area contributed by atoms with Crippen LogP contribution in [0.4, 0.5) is 0 Å². The number of aryl methyl sites for hydroxylation is 1. The molecule has 3 rings (SSSR count). The normalized spacial score (nSPS) is 27.7. The van der Waals surface area contributed by atoms with Crippen LogP contribution >= 0.6 is 11.3 Å².